The third-order valence-electron chi connectivity index (χ3n) is 1.95. The second-order valence-corrected chi connectivity index (χ2v) is 5.19. The Kier molecular flexibility index (Phi) is 5.45. The van der Waals surface area contributed by atoms with E-state index in [4.69, 9.17) is 16.3 Å². The minimum atomic E-state index is 0.588. The van der Waals surface area contributed by atoms with Crippen LogP contribution in [0.1, 0.15) is 31.6 Å². The van der Waals surface area contributed by atoms with Crippen LogP contribution in [0.3, 0.4) is 0 Å². The third-order valence-corrected chi connectivity index (χ3v) is 3.04. The standard InChI is InChI=1S/C10H16ClNOS/c1-3-4-8(2)6-13-7-9-5-12-10(11)14-9/h5,8H,3-4,6-7H2,1-2H3. The molecule has 0 aliphatic heterocycles. The molecule has 0 aliphatic carbocycles. The fourth-order valence-corrected chi connectivity index (χ4v) is 2.20. The highest BCUT2D eigenvalue weighted by Gasteiger charge is 2.02. The summed E-state index contributed by atoms with van der Waals surface area (Å²) in [7, 11) is 0. The molecular formula is C10H16ClNOS. The van der Waals surface area contributed by atoms with Crippen LogP contribution in [0, 0.1) is 5.92 Å². The molecule has 0 fully saturated rings. The van der Waals surface area contributed by atoms with Gasteiger partial charge in [-0.05, 0) is 12.3 Å². The number of hydrogen-bond acceptors (Lipinski definition) is 3. The van der Waals surface area contributed by atoms with E-state index < -0.39 is 0 Å². The van der Waals surface area contributed by atoms with Gasteiger partial charge < -0.3 is 4.74 Å². The van der Waals surface area contributed by atoms with Crippen molar-refractivity contribution in [2.75, 3.05) is 6.61 Å². The molecule has 0 amide bonds. The maximum Gasteiger partial charge on any atom is 0.183 e. The van der Waals surface area contributed by atoms with E-state index in [9.17, 15) is 0 Å². The minimum Gasteiger partial charge on any atom is -0.376 e. The van der Waals surface area contributed by atoms with Crippen molar-refractivity contribution in [1.29, 1.82) is 0 Å². The van der Waals surface area contributed by atoms with E-state index in [0.717, 1.165) is 11.5 Å². The zero-order valence-corrected chi connectivity index (χ0v) is 10.2. The van der Waals surface area contributed by atoms with Gasteiger partial charge in [0.15, 0.2) is 4.47 Å². The first-order chi connectivity index (χ1) is 6.72. The monoisotopic (exact) mass is 233 g/mol. The number of thiazole rings is 1. The van der Waals surface area contributed by atoms with E-state index >= 15 is 0 Å². The average Bonchev–Trinajstić information content (AvgIpc) is 2.52. The highest BCUT2D eigenvalue weighted by atomic mass is 35.5. The Morgan fingerprint density at radius 1 is 1.64 bits per heavy atom. The molecule has 0 aromatic carbocycles. The molecule has 0 spiro atoms. The summed E-state index contributed by atoms with van der Waals surface area (Å²) in [6, 6.07) is 0. The molecule has 0 saturated carbocycles. The molecule has 0 bridgehead atoms. The maximum atomic E-state index is 5.70. The molecule has 4 heteroatoms. The molecule has 2 nitrogen and oxygen atoms in total. The molecule has 1 aromatic rings. The number of ether oxygens (including phenoxy) is 1. The number of nitrogens with zero attached hydrogens (tertiary/aromatic N) is 1. The van der Waals surface area contributed by atoms with Crippen molar-refractivity contribution in [2.45, 2.75) is 33.3 Å². The predicted octanol–water partition coefficient (Wildman–Crippen LogP) is 3.75. The van der Waals surface area contributed by atoms with Gasteiger partial charge in [0.1, 0.15) is 0 Å². The summed E-state index contributed by atoms with van der Waals surface area (Å²) >= 11 is 7.19. The van der Waals surface area contributed by atoms with Crippen molar-refractivity contribution < 1.29 is 4.74 Å². The zero-order chi connectivity index (χ0) is 10.4. The van der Waals surface area contributed by atoms with Gasteiger partial charge in [-0.1, -0.05) is 31.9 Å². The lowest BCUT2D eigenvalue weighted by atomic mass is 10.1. The molecule has 0 N–H and O–H groups in total. The predicted molar refractivity (Wildman–Crippen MR) is 60.9 cm³/mol. The van der Waals surface area contributed by atoms with Crippen LogP contribution in [0.15, 0.2) is 6.20 Å². The van der Waals surface area contributed by atoms with E-state index in [1.165, 1.54) is 24.2 Å². The van der Waals surface area contributed by atoms with Gasteiger partial charge in [0.05, 0.1) is 11.5 Å². The lowest BCUT2D eigenvalue weighted by molar-refractivity contribution is 0.0910. The van der Waals surface area contributed by atoms with Crippen molar-refractivity contribution in [3.05, 3.63) is 15.5 Å². The fourth-order valence-electron chi connectivity index (χ4n) is 1.29. The lowest BCUT2D eigenvalue weighted by Crippen LogP contribution is -2.04. The molecular weight excluding hydrogens is 218 g/mol. The lowest BCUT2D eigenvalue weighted by Gasteiger charge is -2.09. The zero-order valence-electron chi connectivity index (χ0n) is 8.62. The SMILES string of the molecule is CCCC(C)COCc1cnc(Cl)s1. The summed E-state index contributed by atoms with van der Waals surface area (Å²) in [4.78, 5) is 5.05. The Morgan fingerprint density at radius 2 is 2.43 bits per heavy atom. The van der Waals surface area contributed by atoms with Gasteiger partial charge in [-0.2, -0.15) is 0 Å². The van der Waals surface area contributed by atoms with E-state index in [-0.39, 0.29) is 0 Å². The van der Waals surface area contributed by atoms with Gasteiger partial charge in [-0.25, -0.2) is 4.98 Å². The topological polar surface area (TPSA) is 22.1 Å². The van der Waals surface area contributed by atoms with Crippen molar-refractivity contribution in [2.24, 2.45) is 5.92 Å². The number of halogens is 1. The number of rotatable bonds is 6. The highest BCUT2D eigenvalue weighted by molar-refractivity contribution is 7.15. The molecule has 80 valence electrons. The quantitative estimate of drug-likeness (QED) is 0.747. The summed E-state index contributed by atoms with van der Waals surface area (Å²) in [6.45, 7) is 5.87. The van der Waals surface area contributed by atoms with Gasteiger partial charge in [-0.15, -0.1) is 11.3 Å². The summed E-state index contributed by atoms with van der Waals surface area (Å²) in [5, 5.41) is 0. The molecule has 1 aromatic heterocycles. The maximum absolute atomic E-state index is 5.70. The molecule has 1 unspecified atom stereocenters. The summed E-state index contributed by atoms with van der Waals surface area (Å²) in [5.41, 5.74) is 0. The van der Waals surface area contributed by atoms with Crippen LogP contribution in [-0.2, 0) is 11.3 Å². The van der Waals surface area contributed by atoms with Crippen LogP contribution in [0.2, 0.25) is 4.47 Å². The fraction of sp³-hybridized carbons (Fsp3) is 0.700. The summed E-state index contributed by atoms with van der Waals surface area (Å²) in [6.07, 6.45) is 4.22. The molecule has 1 rings (SSSR count). The minimum absolute atomic E-state index is 0.588. The molecule has 1 atom stereocenters. The van der Waals surface area contributed by atoms with Crippen LogP contribution in [0.25, 0.3) is 0 Å². The van der Waals surface area contributed by atoms with Gasteiger partial charge in [-0.3, -0.25) is 0 Å². The van der Waals surface area contributed by atoms with E-state index in [1.807, 2.05) is 0 Å². The Labute approximate surface area is 94.3 Å². The molecule has 1 heterocycles. The van der Waals surface area contributed by atoms with Crippen LogP contribution in [-0.4, -0.2) is 11.6 Å². The van der Waals surface area contributed by atoms with E-state index in [2.05, 4.69) is 18.8 Å². The Hall–Kier alpha value is -0.120. The molecule has 0 saturated heterocycles. The average molecular weight is 234 g/mol. The second-order valence-electron chi connectivity index (χ2n) is 3.49. The van der Waals surface area contributed by atoms with Crippen LogP contribution in [0.4, 0.5) is 0 Å². The molecule has 0 aliphatic rings. The van der Waals surface area contributed by atoms with Crippen molar-refractivity contribution in [3.63, 3.8) is 0 Å². The first-order valence-corrected chi connectivity index (χ1v) is 6.09. The van der Waals surface area contributed by atoms with Crippen LogP contribution < -0.4 is 0 Å². The van der Waals surface area contributed by atoms with Gasteiger partial charge >= 0.3 is 0 Å². The normalized spacial score (nSPS) is 13.1. The Balaban J connectivity index is 2.15. The van der Waals surface area contributed by atoms with Crippen molar-refractivity contribution in [3.8, 4) is 0 Å². The van der Waals surface area contributed by atoms with Gasteiger partial charge in [0.2, 0.25) is 0 Å². The smallest absolute Gasteiger partial charge is 0.183 e. The first kappa shape index (κ1) is 12.0. The first-order valence-electron chi connectivity index (χ1n) is 4.90. The Morgan fingerprint density at radius 3 is 3.00 bits per heavy atom. The van der Waals surface area contributed by atoms with Gasteiger partial charge in [0, 0.05) is 12.8 Å². The van der Waals surface area contributed by atoms with Crippen LogP contribution in [0.5, 0.6) is 0 Å². The molecule has 14 heavy (non-hydrogen) atoms. The van der Waals surface area contributed by atoms with Gasteiger partial charge in [0.25, 0.3) is 0 Å². The Bertz CT molecular complexity index is 264. The summed E-state index contributed by atoms with van der Waals surface area (Å²) < 4.78 is 6.15. The second kappa shape index (κ2) is 6.38. The largest absolute Gasteiger partial charge is 0.376 e. The summed E-state index contributed by atoms with van der Waals surface area (Å²) in [5.74, 6) is 0.642. The number of aromatic nitrogens is 1. The van der Waals surface area contributed by atoms with Crippen molar-refractivity contribution in [1.82, 2.24) is 4.98 Å². The van der Waals surface area contributed by atoms with E-state index in [0.29, 0.717) is 17.0 Å². The third kappa shape index (κ3) is 4.40. The number of hydrogen-bond donors (Lipinski definition) is 0. The highest BCUT2D eigenvalue weighted by Crippen LogP contribution is 2.18. The van der Waals surface area contributed by atoms with Crippen LogP contribution >= 0.6 is 22.9 Å². The molecule has 0 radical (unpaired) electrons. The van der Waals surface area contributed by atoms with E-state index in [1.54, 1.807) is 6.20 Å². The van der Waals surface area contributed by atoms with Crippen molar-refractivity contribution >= 4 is 22.9 Å².